The molecule has 112 valence electrons. The molecule has 0 unspecified atom stereocenters. The van der Waals surface area contributed by atoms with Crippen molar-refractivity contribution in [3.8, 4) is 0 Å². The maximum atomic E-state index is 13.6. The number of nitrogens with zero attached hydrogens (tertiary/aromatic N) is 1. The van der Waals surface area contributed by atoms with Crippen molar-refractivity contribution >= 4 is 11.6 Å². The first-order valence-electron chi connectivity index (χ1n) is 6.55. The number of hydrogen-bond acceptors (Lipinski definition) is 3. The zero-order chi connectivity index (χ0) is 15.2. The number of nitrogens with one attached hydrogen (secondary N) is 3. The Kier molecular flexibility index (Phi) is 4.86. The second-order valence-electron chi connectivity index (χ2n) is 4.46. The number of anilines is 1. The first-order chi connectivity index (χ1) is 10.1. The van der Waals surface area contributed by atoms with E-state index in [9.17, 15) is 13.6 Å². The molecule has 0 aliphatic heterocycles. The Hall–Kier alpha value is -2.44. The van der Waals surface area contributed by atoms with Crippen LogP contribution in [0.1, 0.15) is 22.6 Å². The third-order valence-electron chi connectivity index (χ3n) is 2.99. The molecule has 3 N–H and O–H groups in total. The van der Waals surface area contributed by atoms with Crippen LogP contribution in [-0.4, -0.2) is 29.5 Å². The lowest BCUT2D eigenvalue weighted by atomic mass is 10.1. The summed E-state index contributed by atoms with van der Waals surface area (Å²) >= 11 is 0. The zero-order valence-electron chi connectivity index (χ0n) is 11.5. The number of carbonyl (C=O) groups excluding carboxylic acids is 1. The number of aromatic nitrogens is 2. The number of hydrogen-bond donors (Lipinski definition) is 3. The Morgan fingerprint density at radius 2 is 2.05 bits per heavy atom. The van der Waals surface area contributed by atoms with Gasteiger partial charge in [-0.05, 0) is 18.6 Å². The van der Waals surface area contributed by atoms with Crippen LogP contribution in [0.5, 0.6) is 0 Å². The van der Waals surface area contributed by atoms with Crippen LogP contribution in [0.15, 0.2) is 24.5 Å². The van der Waals surface area contributed by atoms with Crippen molar-refractivity contribution in [2.24, 2.45) is 0 Å². The summed E-state index contributed by atoms with van der Waals surface area (Å²) in [6.45, 7) is 0.399. The van der Waals surface area contributed by atoms with E-state index in [1.807, 2.05) is 0 Å². The molecule has 7 heteroatoms. The summed E-state index contributed by atoms with van der Waals surface area (Å²) < 4.78 is 27.1. The summed E-state index contributed by atoms with van der Waals surface area (Å²) in [6, 6.07) is 2.02. The first kappa shape index (κ1) is 15.0. The topological polar surface area (TPSA) is 69.8 Å². The normalized spacial score (nSPS) is 10.4. The minimum absolute atomic E-state index is 0.0398. The van der Waals surface area contributed by atoms with Crippen molar-refractivity contribution in [3.05, 3.63) is 47.5 Å². The summed E-state index contributed by atoms with van der Waals surface area (Å²) in [7, 11) is 1.41. The first-order valence-corrected chi connectivity index (χ1v) is 6.55. The smallest absolute Gasteiger partial charge is 0.251 e. The van der Waals surface area contributed by atoms with E-state index in [4.69, 9.17) is 0 Å². The highest BCUT2D eigenvalue weighted by molar-refractivity contribution is 5.94. The van der Waals surface area contributed by atoms with Crippen LogP contribution in [0.25, 0.3) is 0 Å². The van der Waals surface area contributed by atoms with Gasteiger partial charge in [-0.15, -0.1) is 0 Å². The number of benzene rings is 1. The van der Waals surface area contributed by atoms with Gasteiger partial charge in [0.15, 0.2) is 0 Å². The number of aryl methyl sites for hydroxylation is 1. The summed E-state index contributed by atoms with van der Waals surface area (Å²) in [4.78, 5) is 18.8. The van der Waals surface area contributed by atoms with E-state index in [1.165, 1.54) is 7.05 Å². The monoisotopic (exact) mass is 294 g/mol. The van der Waals surface area contributed by atoms with E-state index in [2.05, 4.69) is 20.6 Å². The number of imidazole rings is 1. The van der Waals surface area contributed by atoms with Gasteiger partial charge in [-0.3, -0.25) is 4.79 Å². The van der Waals surface area contributed by atoms with Crippen LogP contribution in [-0.2, 0) is 6.42 Å². The van der Waals surface area contributed by atoms with Gasteiger partial charge in [-0.2, -0.15) is 0 Å². The van der Waals surface area contributed by atoms with Gasteiger partial charge in [-0.25, -0.2) is 13.8 Å². The minimum atomic E-state index is -0.793. The fourth-order valence-corrected chi connectivity index (χ4v) is 1.94. The molecule has 0 aliphatic carbocycles. The van der Waals surface area contributed by atoms with Crippen LogP contribution in [0.2, 0.25) is 0 Å². The lowest BCUT2D eigenvalue weighted by molar-refractivity contribution is 0.0952. The summed E-state index contributed by atoms with van der Waals surface area (Å²) in [5.41, 5.74) is -0.286. The number of H-pyrrole nitrogens is 1. The Morgan fingerprint density at radius 3 is 2.62 bits per heavy atom. The molecule has 0 atom stereocenters. The molecule has 0 fully saturated rings. The van der Waals surface area contributed by atoms with Crippen molar-refractivity contribution in [1.29, 1.82) is 0 Å². The third-order valence-corrected chi connectivity index (χ3v) is 2.99. The number of halogens is 2. The number of rotatable bonds is 6. The van der Waals surface area contributed by atoms with Gasteiger partial charge in [0.25, 0.3) is 5.91 Å². The molecule has 0 radical (unpaired) electrons. The SMILES string of the molecule is CNc1c(F)cc(C(=O)NCCCc2ncc[nH]2)cc1F. The van der Waals surface area contributed by atoms with Crippen LogP contribution < -0.4 is 10.6 Å². The van der Waals surface area contributed by atoms with Gasteiger partial charge >= 0.3 is 0 Å². The number of carbonyl (C=O) groups is 1. The standard InChI is InChI=1S/C14H16F2N4O/c1-17-13-10(15)7-9(8-11(13)16)14(21)20-4-2-3-12-18-5-6-19-12/h5-8,17H,2-4H2,1H3,(H,18,19)(H,20,21). The van der Waals surface area contributed by atoms with E-state index >= 15 is 0 Å². The molecule has 1 aromatic heterocycles. The number of aromatic amines is 1. The maximum absolute atomic E-state index is 13.6. The minimum Gasteiger partial charge on any atom is -0.383 e. The van der Waals surface area contributed by atoms with E-state index < -0.39 is 17.5 Å². The average molecular weight is 294 g/mol. The molecule has 2 rings (SSSR count). The quantitative estimate of drug-likeness (QED) is 0.715. The van der Waals surface area contributed by atoms with E-state index in [0.29, 0.717) is 19.4 Å². The molecule has 0 spiro atoms. The van der Waals surface area contributed by atoms with Gasteiger partial charge in [0.2, 0.25) is 0 Å². The summed E-state index contributed by atoms with van der Waals surface area (Å²) in [5, 5.41) is 5.02. The fraction of sp³-hybridized carbons (Fsp3) is 0.286. The van der Waals surface area contributed by atoms with Gasteiger partial charge in [0.05, 0.1) is 0 Å². The van der Waals surface area contributed by atoms with Gasteiger partial charge in [-0.1, -0.05) is 0 Å². The second-order valence-corrected chi connectivity index (χ2v) is 4.46. The highest BCUT2D eigenvalue weighted by atomic mass is 19.1. The zero-order valence-corrected chi connectivity index (χ0v) is 11.5. The third kappa shape index (κ3) is 3.77. The van der Waals surface area contributed by atoms with E-state index in [-0.39, 0.29) is 11.3 Å². The molecule has 5 nitrogen and oxygen atoms in total. The summed E-state index contributed by atoms with van der Waals surface area (Å²) in [5.74, 6) is -1.26. The van der Waals surface area contributed by atoms with E-state index in [0.717, 1.165) is 18.0 Å². The Balaban J connectivity index is 1.88. The van der Waals surface area contributed by atoms with Crippen molar-refractivity contribution < 1.29 is 13.6 Å². The average Bonchev–Trinajstić information content (AvgIpc) is 2.96. The van der Waals surface area contributed by atoms with Crippen molar-refractivity contribution in [2.45, 2.75) is 12.8 Å². The highest BCUT2D eigenvalue weighted by Crippen LogP contribution is 2.20. The lowest BCUT2D eigenvalue weighted by Crippen LogP contribution is -2.25. The molecular formula is C14H16F2N4O. The van der Waals surface area contributed by atoms with Crippen molar-refractivity contribution in [1.82, 2.24) is 15.3 Å². The Morgan fingerprint density at radius 1 is 1.33 bits per heavy atom. The van der Waals surface area contributed by atoms with Gasteiger partial charge in [0.1, 0.15) is 23.1 Å². The molecule has 0 saturated heterocycles. The molecule has 1 amide bonds. The fourth-order valence-electron chi connectivity index (χ4n) is 1.94. The van der Waals surface area contributed by atoms with Gasteiger partial charge in [0, 0.05) is 38.0 Å². The molecule has 0 saturated carbocycles. The number of amides is 1. The molecule has 0 aliphatic rings. The molecule has 21 heavy (non-hydrogen) atoms. The van der Waals surface area contributed by atoms with Gasteiger partial charge < -0.3 is 15.6 Å². The van der Waals surface area contributed by atoms with Crippen LogP contribution in [0.4, 0.5) is 14.5 Å². The molecule has 1 heterocycles. The van der Waals surface area contributed by atoms with Crippen LogP contribution in [0, 0.1) is 11.6 Å². The van der Waals surface area contributed by atoms with Crippen LogP contribution >= 0.6 is 0 Å². The Labute approximate surface area is 120 Å². The molecular weight excluding hydrogens is 278 g/mol. The molecule has 0 bridgehead atoms. The largest absolute Gasteiger partial charge is 0.383 e. The second kappa shape index (κ2) is 6.83. The van der Waals surface area contributed by atoms with Crippen LogP contribution in [0.3, 0.4) is 0 Å². The molecule has 2 aromatic rings. The van der Waals surface area contributed by atoms with E-state index in [1.54, 1.807) is 12.4 Å². The van der Waals surface area contributed by atoms with Crippen molar-refractivity contribution in [2.75, 3.05) is 18.9 Å². The Bertz CT molecular complexity index is 590. The lowest BCUT2D eigenvalue weighted by Gasteiger charge is -2.08. The maximum Gasteiger partial charge on any atom is 0.251 e. The highest BCUT2D eigenvalue weighted by Gasteiger charge is 2.13. The molecule has 1 aromatic carbocycles. The predicted molar refractivity (Wildman–Crippen MR) is 75.1 cm³/mol. The van der Waals surface area contributed by atoms with Crippen molar-refractivity contribution in [3.63, 3.8) is 0 Å². The summed E-state index contributed by atoms with van der Waals surface area (Å²) in [6.07, 6.45) is 4.75. The predicted octanol–water partition coefficient (Wildman–Crippen LogP) is 2.09.